The summed E-state index contributed by atoms with van der Waals surface area (Å²) in [5, 5.41) is 5.99. The number of ether oxygens (including phenoxy) is 1. The van der Waals surface area contributed by atoms with Gasteiger partial charge in [0.05, 0.1) is 13.2 Å². The van der Waals surface area contributed by atoms with Gasteiger partial charge in [-0.15, -0.1) is 0 Å². The fourth-order valence-corrected chi connectivity index (χ4v) is 3.67. The van der Waals surface area contributed by atoms with Gasteiger partial charge in [-0.2, -0.15) is 0 Å². The van der Waals surface area contributed by atoms with Crippen LogP contribution in [0.4, 0.5) is 17.1 Å². The number of amides is 2. The molecule has 184 valence electrons. The van der Waals surface area contributed by atoms with E-state index in [9.17, 15) is 9.59 Å². The highest BCUT2D eigenvalue weighted by Crippen LogP contribution is 2.19. The predicted octanol–water partition coefficient (Wildman–Crippen LogP) is 6.36. The Morgan fingerprint density at radius 3 is 2.37 bits per heavy atom. The van der Waals surface area contributed by atoms with Crippen molar-refractivity contribution < 1.29 is 14.3 Å². The second kappa shape index (κ2) is 13.8. The number of nitrogens with one attached hydrogen (secondary N) is 2. The van der Waals surface area contributed by atoms with Crippen LogP contribution in [0, 0.1) is 0 Å². The SMILES string of the molecule is CCCCCCCOc1cccc(NC(=O)CNc2cccc(C(=O)N(C)c3ccccc3)c2)c1. The topological polar surface area (TPSA) is 70.7 Å². The molecule has 0 fully saturated rings. The first-order valence-corrected chi connectivity index (χ1v) is 12.3. The normalized spacial score (nSPS) is 10.5. The van der Waals surface area contributed by atoms with Crippen LogP contribution in [0.15, 0.2) is 78.9 Å². The number of carbonyl (C=O) groups excluding carboxylic acids is 2. The van der Waals surface area contributed by atoms with Crippen LogP contribution in [-0.4, -0.2) is 32.0 Å². The lowest BCUT2D eigenvalue weighted by molar-refractivity contribution is -0.114. The monoisotopic (exact) mass is 473 g/mol. The molecule has 0 bridgehead atoms. The van der Waals surface area contributed by atoms with Gasteiger partial charge in [0.25, 0.3) is 5.91 Å². The van der Waals surface area contributed by atoms with E-state index in [-0.39, 0.29) is 18.4 Å². The fourth-order valence-electron chi connectivity index (χ4n) is 3.67. The van der Waals surface area contributed by atoms with Crippen LogP contribution in [0.2, 0.25) is 0 Å². The molecule has 2 amide bonds. The van der Waals surface area contributed by atoms with Gasteiger partial charge in [-0.1, -0.05) is 62.9 Å². The summed E-state index contributed by atoms with van der Waals surface area (Å²) in [6.07, 6.45) is 5.94. The number of unbranched alkanes of at least 4 members (excludes halogenated alkanes) is 4. The van der Waals surface area contributed by atoms with E-state index in [1.165, 1.54) is 25.7 Å². The number of hydrogen-bond acceptors (Lipinski definition) is 4. The standard InChI is InChI=1S/C29H35N3O3/c1-3-4-5-6-10-19-35-27-18-12-15-25(21-27)31-28(33)22-30-24-14-11-13-23(20-24)29(34)32(2)26-16-8-7-9-17-26/h7-9,11-18,20-21,30H,3-6,10,19,22H2,1-2H3,(H,31,33). The first-order chi connectivity index (χ1) is 17.1. The summed E-state index contributed by atoms with van der Waals surface area (Å²) in [4.78, 5) is 26.9. The highest BCUT2D eigenvalue weighted by molar-refractivity contribution is 6.06. The summed E-state index contributed by atoms with van der Waals surface area (Å²) in [7, 11) is 1.75. The van der Waals surface area contributed by atoms with E-state index in [1.807, 2.05) is 60.7 Å². The Bertz CT molecular complexity index is 1090. The fraction of sp³-hybridized carbons (Fsp3) is 0.310. The molecule has 35 heavy (non-hydrogen) atoms. The van der Waals surface area contributed by atoms with Crippen LogP contribution >= 0.6 is 0 Å². The van der Waals surface area contributed by atoms with Gasteiger partial charge < -0.3 is 20.3 Å². The van der Waals surface area contributed by atoms with Crippen LogP contribution in [-0.2, 0) is 4.79 Å². The Labute approximate surface area is 208 Å². The Hall–Kier alpha value is -3.80. The van der Waals surface area contributed by atoms with Crippen molar-refractivity contribution in [1.29, 1.82) is 0 Å². The van der Waals surface area contributed by atoms with Crippen molar-refractivity contribution in [2.75, 3.05) is 35.7 Å². The van der Waals surface area contributed by atoms with Crippen molar-refractivity contribution in [2.24, 2.45) is 0 Å². The van der Waals surface area contributed by atoms with Crippen LogP contribution in [0.1, 0.15) is 49.4 Å². The molecule has 0 aliphatic carbocycles. The summed E-state index contributed by atoms with van der Waals surface area (Å²) < 4.78 is 5.82. The van der Waals surface area contributed by atoms with Gasteiger partial charge in [0, 0.05) is 35.7 Å². The van der Waals surface area contributed by atoms with Gasteiger partial charge in [0.2, 0.25) is 5.91 Å². The molecule has 0 aliphatic rings. The molecule has 0 atom stereocenters. The minimum Gasteiger partial charge on any atom is -0.494 e. The number of carbonyl (C=O) groups is 2. The molecule has 3 aromatic rings. The highest BCUT2D eigenvalue weighted by atomic mass is 16.5. The van der Waals surface area contributed by atoms with Gasteiger partial charge in [-0.3, -0.25) is 9.59 Å². The summed E-state index contributed by atoms with van der Waals surface area (Å²) in [5.74, 6) is 0.450. The van der Waals surface area contributed by atoms with Crippen molar-refractivity contribution in [1.82, 2.24) is 0 Å². The third-order valence-electron chi connectivity index (χ3n) is 5.65. The number of rotatable bonds is 13. The number of anilines is 3. The van der Waals surface area contributed by atoms with Gasteiger partial charge in [0.1, 0.15) is 5.75 Å². The van der Waals surface area contributed by atoms with Crippen LogP contribution in [0.25, 0.3) is 0 Å². The number of para-hydroxylation sites is 1. The molecule has 3 rings (SSSR count). The zero-order valence-corrected chi connectivity index (χ0v) is 20.6. The zero-order chi connectivity index (χ0) is 24.9. The van der Waals surface area contributed by atoms with E-state index in [0.29, 0.717) is 23.5 Å². The summed E-state index contributed by atoms with van der Waals surface area (Å²) in [5.41, 5.74) is 2.75. The molecule has 6 heteroatoms. The molecule has 2 N–H and O–H groups in total. The van der Waals surface area contributed by atoms with Crippen LogP contribution < -0.4 is 20.3 Å². The maximum atomic E-state index is 12.9. The van der Waals surface area contributed by atoms with Gasteiger partial charge >= 0.3 is 0 Å². The molecule has 0 heterocycles. The zero-order valence-electron chi connectivity index (χ0n) is 20.6. The molecule has 0 unspecified atom stereocenters. The largest absolute Gasteiger partial charge is 0.494 e. The molecule has 0 saturated carbocycles. The van der Waals surface area contributed by atoms with E-state index in [0.717, 1.165) is 17.9 Å². The minimum absolute atomic E-state index is 0.0781. The average Bonchev–Trinajstić information content (AvgIpc) is 2.89. The van der Waals surface area contributed by atoms with E-state index in [2.05, 4.69) is 17.6 Å². The summed E-state index contributed by atoms with van der Waals surface area (Å²) in [6.45, 7) is 2.96. The molecule has 6 nitrogen and oxygen atoms in total. The van der Waals surface area contributed by atoms with E-state index in [1.54, 1.807) is 30.1 Å². The second-order valence-electron chi connectivity index (χ2n) is 8.47. The van der Waals surface area contributed by atoms with Crippen molar-refractivity contribution in [3.8, 4) is 5.75 Å². The van der Waals surface area contributed by atoms with Crippen LogP contribution in [0.5, 0.6) is 5.75 Å². The maximum absolute atomic E-state index is 12.9. The van der Waals surface area contributed by atoms with Gasteiger partial charge in [0.15, 0.2) is 0 Å². The Morgan fingerprint density at radius 1 is 0.829 bits per heavy atom. The van der Waals surface area contributed by atoms with Gasteiger partial charge in [-0.05, 0) is 48.9 Å². The maximum Gasteiger partial charge on any atom is 0.258 e. The van der Waals surface area contributed by atoms with Gasteiger partial charge in [-0.25, -0.2) is 0 Å². The van der Waals surface area contributed by atoms with E-state index in [4.69, 9.17) is 4.74 Å². The lowest BCUT2D eigenvalue weighted by Gasteiger charge is -2.18. The Balaban J connectivity index is 1.48. The van der Waals surface area contributed by atoms with Crippen molar-refractivity contribution in [2.45, 2.75) is 39.0 Å². The first kappa shape index (κ1) is 25.8. The molecule has 3 aromatic carbocycles. The summed E-state index contributed by atoms with van der Waals surface area (Å²) >= 11 is 0. The lowest BCUT2D eigenvalue weighted by atomic mass is 10.1. The van der Waals surface area contributed by atoms with Crippen molar-refractivity contribution in [3.05, 3.63) is 84.4 Å². The molecule has 0 saturated heterocycles. The molecule has 0 aromatic heterocycles. The Kier molecular flexibility index (Phi) is 10.2. The number of nitrogens with zero attached hydrogens (tertiary/aromatic N) is 1. The van der Waals surface area contributed by atoms with Crippen LogP contribution in [0.3, 0.4) is 0 Å². The quantitative estimate of drug-likeness (QED) is 0.283. The van der Waals surface area contributed by atoms with Crippen molar-refractivity contribution in [3.63, 3.8) is 0 Å². The lowest BCUT2D eigenvalue weighted by Crippen LogP contribution is -2.26. The predicted molar refractivity (Wildman–Crippen MR) is 143 cm³/mol. The average molecular weight is 474 g/mol. The van der Waals surface area contributed by atoms with E-state index >= 15 is 0 Å². The number of benzene rings is 3. The molecule has 0 radical (unpaired) electrons. The first-order valence-electron chi connectivity index (χ1n) is 12.3. The molecule has 0 aliphatic heterocycles. The molecular weight excluding hydrogens is 438 g/mol. The molecule has 0 spiro atoms. The number of hydrogen-bond donors (Lipinski definition) is 2. The summed E-state index contributed by atoms with van der Waals surface area (Å²) in [6, 6.07) is 24.1. The molecular formula is C29H35N3O3. The van der Waals surface area contributed by atoms with Crippen molar-refractivity contribution >= 4 is 28.9 Å². The minimum atomic E-state index is -0.181. The third kappa shape index (κ3) is 8.49. The smallest absolute Gasteiger partial charge is 0.258 e. The Morgan fingerprint density at radius 2 is 1.57 bits per heavy atom. The highest BCUT2D eigenvalue weighted by Gasteiger charge is 2.14. The second-order valence-corrected chi connectivity index (χ2v) is 8.47. The third-order valence-corrected chi connectivity index (χ3v) is 5.65. The van der Waals surface area contributed by atoms with E-state index < -0.39 is 0 Å².